The molecule has 2 aromatic heterocycles. The Labute approximate surface area is 237 Å². The molecule has 1 unspecified atom stereocenters. The lowest BCUT2D eigenvalue weighted by atomic mass is 9.94. The van der Waals surface area contributed by atoms with E-state index >= 15 is 0 Å². The van der Waals surface area contributed by atoms with Crippen molar-refractivity contribution in [2.45, 2.75) is 39.2 Å². The van der Waals surface area contributed by atoms with Gasteiger partial charge in [-0.3, -0.25) is 4.90 Å². The number of hydrogen-bond acceptors (Lipinski definition) is 8. The van der Waals surface area contributed by atoms with Crippen LogP contribution >= 0.6 is 0 Å². The number of aryl methyl sites for hydroxylation is 2. The van der Waals surface area contributed by atoms with Gasteiger partial charge in [0.05, 0.1) is 17.3 Å². The summed E-state index contributed by atoms with van der Waals surface area (Å²) in [4.78, 5) is 20.2. The maximum Gasteiger partial charge on any atom is 0.227 e. The summed E-state index contributed by atoms with van der Waals surface area (Å²) in [6.45, 7) is 11.1. The summed E-state index contributed by atoms with van der Waals surface area (Å²) in [6, 6.07) is 17.8. The number of piperazine rings is 1. The molecule has 0 radical (unpaired) electrons. The van der Waals surface area contributed by atoms with E-state index in [-0.39, 0.29) is 0 Å². The fourth-order valence-electron chi connectivity index (χ4n) is 6.23. The fourth-order valence-corrected chi connectivity index (χ4v) is 6.23. The van der Waals surface area contributed by atoms with Crippen LogP contribution in [0.5, 0.6) is 0 Å². The first kappa shape index (κ1) is 26.7. The van der Waals surface area contributed by atoms with E-state index in [2.05, 4.69) is 87.4 Å². The molecule has 1 atom stereocenters. The van der Waals surface area contributed by atoms with Gasteiger partial charge in [-0.15, -0.1) is 0 Å². The van der Waals surface area contributed by atoms with Crippen LogP contribution in [0.15, 0.2) is 53.1 Å². The molecule has 0 N–H and O–H groups in total. The van der Waals surface area contributed by atoms with Crippen molar-refractivity contribution in [2.24, 2.45) is 0 Å². The molecular weight excluding hydrogens is 498 g/mol. The first-order valence-electron chi connectivity index (χ1n) is 14.7. The van der Waals surface area contributed by atoms with E-state index in [1.807, 2.05) is 13.8 Å². The monoisotopic (exact) mass is 539 g/mol. The second-order valence-electron chi connectivity index (χ2n) is 11.5. The van der Waals surface area contributed by atoms with Crippen molar-refractivity contribution >= 4 is 22.7 Å². The maximum absolute atomic E-state index is 5.52. The van der Waals surface area contributed by atoms with Gasteiger partial charge >= 0.3 is 0 Å². The van der Waals surface area contributed by atoms with Crippen LogP contribution in [0.4, 0.5) is 11.8 Å². The number of likely N-dealkylation sites (N-methyl/N-ethyl adjacent to an activating group) is 1. The summed E-state index contributed by atoms with van der Waals surface area (Å²) < 4.78 is 5.52. The minimum absolute atomic E-state index is 0.298. The minimum Gasteiger partial charge on any atom is -0.361 e. The molecule has 6 rings (SSSR count). The van der Waals surface area contributed by atoms with Gasteiger partial charge < -0.3 is 19.2 Å². The van der Waals surface area contributed by atoms with Crippen molar-refractivity contribution in [2.75, 3.05) is 69.7 Å². The Morgan fingerprint density at radius 2 is 1.73 bits per heavy atom. The normalized spacial score (nSPS) is 18.7. The summed E-state index contributed by atoms with van der Waals surface area (Å²) in [5, 5.41) is 5.30. The third-order valence-corrected chi connectivity index (χ3v) is 8.46. The van der Waals surface area contributed by atoms with Crippen LogP contribution < -0.4 is 9.80 Å². The van der Waals surface area contributed by atoms with Gasteiger partial charge in [0.2, 0.25) is 5.95 Å². The molecule has 8 heteroatoms. The van der Waals surface area contributed by atoms with Gasteiger partial charge in [0.1, 0.15) is 11.6 Å². The number of rotatable bonds is 7. The third-order valence-electron chi connectivity index (χ3n) is 8.46. The number of fused-ring (bicyclic) bond motifs is 1. The predicted molar refractivity (Wildman–Crippen MR) is 162 cm³/mol. The van der Waals surface area contributed by atoms with Gasteiger partial charge in [-0.1, -0.05) is 41.6 Å². The molecule has 0 saturated carbocycles. The molecule has 0 spiro atoms. The highest BCUT2D eigenvalue weighted by molar-refractivity contribution is 5.94. The van der Waals surface area contributed by atoms with Crippen LogP contribution in [0.2, 0.25) is 0 Å². The van der Waals surface area contributed by atoms with Crippen molar-refractivity contribution < 1.29 is 4.52 Å². The summed E-state index contributed by atoms with van der Waals surface area (Å²) in [5.74, 6) is 2.72. The van der Waals surface area contributed by atoms with Gasteiger partial charge in [0.15, 0.2) is 0 Å². The van der Waals surface area contributed by atoms with Crippen LogP contribution in [0.25, 0.3) is 22.0 Å². The minimum atomic E-state index is 0.298. The second-order valence-corrected chi connectivity index (χ2v) is 11.5. The van der Waals surface area contributed by atoms with E-state index in [0.29, 0.717) is 6.04 Å². The number of benzene rings is 2. The second kappa shape index (κ2) is 11.6. The van der Waals surface area contributed by atoms with E-state index < -0.39 is 0 Å². The fraction of sp³-hybridized carbons (Fsp3) is 0.469. The number of piperidine rings is 1. The maximum atomic E-state index is 5.52. The quantitative estimate of drug-likeness (QED) is 0.313. The highest BCUT2D eigenvalue weighted by atomic mass is 16.5. The van der Waals surface area contributed by atoms with E-state index in [0.717, 1.165) is 104 Å². The third kappa shape index (κ3) is 5.43. The average Bonchev–Trinajstić information content (AvgIpc) is 3.33. The summed E-state index contributed by atoms with van der Waals surface area (Å²) >= 11 is 0. The average molecular weight is 540 g/mol. The van der Waals surface area contributed by atoms with Gasteiger partial charge in [0.25, 0.3) is 0 Å². The highest BCUT2D eigenvalue weighted by Crippen LogP contribution is 2.39. The van der Waals surface area contributed by atoms with Gasteiger partial charge in [0, 0.05) is 56.8 Å². The Bertz CT molecular complexity index is 1420. The molecule has 0 amide bonds. The smallest absolute Gasteiger partial charge is 0.227 e. The number of anilines is 2. The van der Waals surface area contributed by atoms with E-state index in [4.69, 9.17) is 14.5 Å². The lowest BCUT2D eigenvalue weighted by molar-refractivity contribution is 0.229. The van der Waals surface area contributed by atoms with Gasteiger partial charge in [-0.05, 0) is 70.5 Å². The van der Waals surface area contributed by atoms with Crippen LogP contribution in [0.1, 0.15) is 42.3 Å². The lowest BCUT2D eigenvalue weighted by Crippen LogP contribution is -2.48. The molecule has 4 heterocycles. The molecule has 0 aliphatic carbocycles. The zero-order valence-corrected chi connectivity index (χ0v) is 24.3. The first-order chi connectivity index (χ1) is 19.5. The zero-order chi connectivity index (χ0) is 27.6. The Kier molecular flexibility index (Phi) is 7.71. The molecule has 2 saturated heterocycles. The molecule has 4 aromatic rings. The van der Waals surface area contributed by atoms with E-state index in [1.54, 1.807) is 0 Å². The standard InChI is InChI=1S/C32H41N7O/c1-23-30(24(2)40-35-23)26-13-14-28-27(22-26)31(39-15-9-8-12-29(39)25-10-6-5-7-11-25)34-32(33-28)38-20-18-37(19-21-38)17-16-36(3)4/h5-7,10-11,13-14,22,29H,8-9,12,15-21H2,1-4H3. The number of hydrogen-bond donors (Lipinski definition) is 0. The Hall–Kier alpha value is -3.49. The Balaban J connectivity index is 1.41. The van der Waals surface area contributed by atoms with Crippen LogP contribution in [0, 0.1) is 13.8 Å². The van der Waals surface area contributed by atoms with E-state index in [9.17, 15) is 0 Å². The highest BCUT2D eigenvalue weighted by Gasteiger charge is 2.29. The van der Waals surface area contributed by atoms with Crippen molar-refractivity contribution in [3.05, 3.63) is 65.5 Å². The zero-order valence-electron chi connectivity index (χ0n) is 24.3. The number of nitrogens with zero attached hydrogens (tertiary/aromatic N) is 7. The van der Waals surface area contributed by atoms with Crippen molar-refractivity contribution in [1.82, 2.24) is 24.9 Å². The Morgan fingerprint density at radius 1 is 0.925 bits per heavy atom. The molecule has 210 valence electrons. The topological polar surface area (TPSA) is 64.8 Å². The summed E-state index contributed by atoms with van der Waals surface area (Å²) in [6.07, 6.45) is 3.52. The molecule has 2 aliphatic rings. The molecule has 2 aliphatic heterocycles. The van der Waals surface area contributed by atoms with Gasteiger partial charge in [-0.2, -0.15) is 4.98 Å². The Morgan fingerprint density at radius 3 is 2.45 bits per heavy atom. The molecular formula is C32H41N7O. The van der Waals surface area contributed by atoms with Crippen LogP contribution in [-0.2, 0) is 0 Å². The van der Waals surface area contributed by atoms with Gasteiger partial charge in [-0.25, -0.2) is 4.98 Å². The summed E-state index contributed by atoms with van der Waals surface area (Å²) in [7, 11) is 4.28. The SMILES string of the molecule is Cc1noc(C)c1-c1ccc2nc(N3CCN(CCN(C)C)CC3)nc(N3CCCCC3c3ccccc3)c2c1. The molecule has 40 heavy (non-hydrogen) atoms. The van der Waals surface area contributed by atoms with Crippen molar-refractivity contribution in [3.63, 3.8) is 0 Å². The van der Waals surface area contributed by atoms with Crippen LogP contribution in [0.3, 0.4) is 0 Å². The van der Waals surface area contributed by atoms with E-state index in [1.165, 1.54) is 12.0 Å². The first-order valence-corrected chi connectivity index (χ1v) is 14.7. The molecule has 8 nitrogen and oxygen atoms in total. The molecule has 2 fully saturated rings. The lowest BCUT2D eigenvalue weighted by Gasteiger charge is -2.39. The predicted octanol–water partition coefficient (Wildman–Crippen LogP) is 5.32. The number of aromatic nitrogens is 3. The van der Waals surface area contributed by atoms with Crippen LogP contribution in [-0.4, -0.2) is 84.8 Å². The molecule has 2 aromatic carbocycles. The largest absolute Gasteiger partial charge is 0.361 e. The van der Waals surface area contributed by atoms with Crippen molar-refractivity contribution in [1.29, 1.82) is 0 Å². The molecule has 0 bridgehead atoms. The summed E-state index contributed by atoms with van der Waals surface area (Å²) in [5.41, 5.74) is 5.41. The van der Waals surface area contributed by atoms with Crippen molar-refractivity contribution in [3.8, 4) is 11.1 Å².